The molecule has 2 N–H and O–H groups in total. The van der Waals surface area contributed by atoms with Gasteiger partial charge in [0.15, 0.2) is 0 Å². The molecule has 112 valence electrons. The number of halogens is 1. The van der Waals surface area contributed by atoms with E-state index in [0.29, 0.717) is 5.92 Å². The number of hydrogen-bond acceptors (Lipinski definition) is 4. The zero-order valence-corrected chi connectivity index (χ0v) is 12.7. The molecule has 1 aromatic rings. The zero-order valence-electron chi connectivity index (χ0n) is 11.9. The summed E-state index contributed by atoms with van der Waals surface area (Å²) in [6.45, 7) is 6.13. The number of benzene rings is 1. The summed E-state index contributed by atoms with van der Waals surface area (Å²) in [6, 6.07) is 7.32. The summed E-state index contributed by atoms with van der Waals surface area (Å²) < 4.78 is 0. The lowest BCUT2D eigenvalue weighted by molar-refractivity contribution is -0.384. The van der Waals surface area contributed by atoms with Crippen LogP contribution in [0.15, 0.2) is 24.3 Å². The number of nitrogens with zero attached hydrogens (tertiary/aromatic N) is 2. The van der Waals surface area contributed by atoms with E-state index in [0.717, 1.165) is 25.1 Å². The molecule has 1 aliphatic heterocycles. The van der Waals surface area contributed by atoms with Crippen LogP contribution in [0.3, 0.4) is 0 Å². The van der Waals surface area contributed by atoms with E-state index in [4.69, 9.17) is 5.73 Å². The van der Waals surface area contributed by atoms with Gasteiger partial charge in [0.05, 0.1) is 4.92 Å². The molecule has 2 rings (SSSR count). The molecule has 0 aromatic heterocycles. The predicted molar refractivity (Wildman–Crippen MR) is 82.1 cm³/mol. The summed E-state index contributed by atoms with van der Waals surface area (Å²) in [4.78, 5) is 12.8. The van der Waals surface area contributed by atoms with Gasteiger partial charge in [0.1, 0.15) is 0 Å². The first-order chi connectivity index (χ1) is 8.99. The molecule has 1 aromatic carbocycles. The monoisotopic (exact) mass is 299 g/mol. The average molecular weight is 300 g/mol. The number of nitro benzene ring substituents is 1. The van der Waals surface area contributed by atoms with Crippen LogP contribution in [-0.4, -0.2) is 29.0 Å². The van der Waals surface area contributed by atoms with Crippen molar-refractivity contribution in [3.63, 3.8) is 0 Å². The Balaban J connectivity index is 0.00000200. The van der Waals surface area contributed by atoms with Gasteiger partial charge in [0, 0.05) is 30.8 Å². The molecule has 6 heteroatoms. The number of likely N-dealkylation sites (tertiary alicyclic amines) is 1. The van der Waals surface area contributed by atoms with Crippen LogP contribution in [0, 0.1) is 16.0 Å². The summed E-state index contributed by atoms with van der Waals surface area (Å²) >= 11 is 0. The van der Waals surface area contributed by atoms with Crippen molar-refractivity contribution in [2.45, 2.75) is 32.4 Å². The van der Waals surface area contributed by atoms with Crippen molar-refractivity contribution in [3.8, 4) is 0 Å². The van der Waals surface area contributed by atoms with Crippen molar-refractivity contribution < 1.29 is 4.92 Å². The number of nitrogens with two attached hydrogens (primary N) is 1. The number of nitro groups is 1. The fourth-order valence-electron chi connectivity index (χ4n) is 2.71. The van der Waals surface area contributed by atoms with Crippen molar-refractivity contribution in [1.82, 2.24) is 4.90 Å². The highest BCUT2D eigenvalue weighted by Gasteiger charge is 2.29. The van der Waals surface area contributed by atoms with Crippen molar-refractivity contribution in [2.75, 3.05) is 13.1 Å². The van der Waals surface area contributed by atoms with Gasteiger partial charge in [-0.15, -0.1) is 12.4 Å². The number of non-ortho nitro benzene ring substituents is 1. The van der Waals surface area contributed by atoms with Crippen LogP contribution in [0.4, 0.5) is 5.69 Å². The highest BCUT2D eigenvalue weighted by atomic mass is 35.5. The van der Waals surface area contributed by atoms with Crippen LogP contribution in [0.1, 0.15) is 31.9 Å². The standard InChI is InChI=1S/C14H21N3O2.ClH/c1-10(15)13-6-7-16(9-13)11(2)12-4-3-5-14(8-12)17(18)19;/h3-5,8,10-11,13H,6-7,9,15H2,1-2H3;1H. The SMILES string of the molecule is CC(N)C1CCN(C(C)c2cccc([N+](=O)[O-])c2)C1.Cl. The van der Waals surface area contributed by atoms with E-state index in [1.165, 1.54) is 6.07 Å². The molecule has 1 aliphatic rings. The lowest BCUT2D eigenvalue weighted by Crippen LogP contribution is -2.31. The third-order valence-electron chi connectivity index (χ3n) is 4.11. The molecule has 0 radical (unpaired) electrons. The molecule has 20 heavy (non-hydrogen) atoms. The third-order valence-corrected chi connectivity index (χ3v) is 4.11. The van der Waals surface area contributed by atoms with Gasteiger partial charge in [-0.25, -0.2) is 0 Å². The van der Waals surface area contributed by atoms with Crippen molar-refractivity contribution >= 4 is 18.1 Å². The summed E-state index contributed by atoms with van der Waals surface area (Å²) in [6.07, 6.45) is 1.11. The van der Waals surface area contributed by atoms with Crippen LogP contribution in [0.5, 0.6) is 0 Å². The number of rotatable bonds is 4. The van der Waals surface area contributed by atoms with Crippen LogP contribution in [0.25, 0.3) is 0 Å². The quantitative estimate of drug-likeness (QED) is 0.685. The molecule has 0 spiro atoms. The fraction of sp³-hybridized carbons (Fsp3) is 0.571. The molecule has 0 saturated carbocycles. The molecule has 5 nitrogen and oxygen atoms in total. The minimum Gasteiger partial charge on any atom is -0.328 e. The Kier molecular flexibility index (Phi) is 5.92. The smallest absolute Gasteiger partial charge is 0.269 e. The Morgan fingerprint density at radius 1 is 1.45 bits per heavy atom. The van der Waals surface area contributed by atoms with Crippen LogP contribution < -0.4 is 5.73 Å². The summed E-state index contributed by atoms with van der Waals surface area (Å²) in [7, 11) is 0. The lowest BCUT2D eigenvalue weighted by atomic mass is 10.0. The molecule has 0 aliphatic carbocycles. The second-order valence-electron chi connectivity index (χ2n) is 5.43. The largest absolute Gasteiger partial charge is 0.328 e. The van der Waals surface area contributed by atoms with Gasteiger partial charge in [0.2, 0.25) is 0 Å². The molecule has 3 atom stereocenters. The second-order valence-corrected chi connectivity index (χ2v) is 5.43. The van der Waals surface area contributed by atoms with E-state index in [1.807, 2.05) is 13.0 Å². The Morgan fingerprint density at radius 2 is 2.15 bits per heavy atom. The molecular formula is C14H22ClN3O2. The summed E-state index contributed by atoms with van der Waals surface area (Å²) in [5.74, 6) is 0.529. The van der Waals surface area contributed by atoms with E-state index in [1.54, 1.807) is 12.1 Å². The van der Waals surface area contributed by atoms with Gasteiger partial charge in [-0.1, -0.05) is 12.1 Å². The van der Waals surface area contributed by atoms with Crippen LogP contribution in [0.2, 0.25) is 0 Å². The molecule has 0 bridgehead atoms. The Morgan fingerprint density at radius 3 is 2.70 bits per heavy atom. The predicted octanol–water partition coefficient (Wildman–Crippen LogP) is 2.75. The highest BCUT2D eigenvalue weighted by molar-refractivity contribution is 5.85. The second kappa shape index (κ2) is 7.02. The molecule has 0 amide bonds. The van der Waals surface area contributed by atoms with Gasteiger partial charge in [-0.05, 0) is 38.3 Å². The highest BCUT2D eigenvalue weighted by Crippen LogP contribution is 2.29. The maximum absolute atomic E-state index is 10.8. The maximum atomic E-state index is 10.8. The Labute approximate surface area is 125 Å². The Hall–Kier alpha value is -1.17. The topological polar surface area (TPSA) is 72.4 Å². The van der Waals surface area contributed by atoms with Gasteiger partial charge in [-0.2, -0.15) is 0 Å². The van der Waals surface area contributed by atoms with E-state index in [-0.39, 0.29) is 35.1 Å². The minimum atomic E-state index is -0.342. The van der Waals surface area contributed by atoms with E-state index in [9.17, 15) is 10.1 Å². The van der Waals surface area contributed by atoms with Crippen molar-refractivity contribution in [2.24, 2.45) is 11.7 Å². The van der Waals surface area contributed by atoms with Crippen molar-refractivity contribution in [3.05, 3.63) is 39.9 Å². The summed E-state index contributed by atoms with van der Waals surface area (Å²) in [5, 5.41) is 10.8. The lowest BCUT2D eigenvalue weighted by Gasteiger charge is -2.25. The normalized spacial score (nSPS) is 22.1. The van der Waals surface area contributed by atoms with E-state index < -0.39 is 0 Å². The van der Waals surface area contributed by atoms with Gasteiger partial charge >= 0.3 is 0 Å². The molecule has 1 saturated heterocycles. The van der Waals surface area contributed by atoms with Crippen LogP contribution in [-0.2, 0) is 0 Å². The van der Waals surface area contributed by atoms with Gasteiger partial charge < -0.3 is 5.73 Å². The molecular weight excluding hydrogens is 278 g/mol. The molecule has 1 fully saturated rings. The zero-order chi connectivity index (χ0) is 14.0. The third kappa shape index (κ3) is 3.69. The first kappa shape index (κ1) is 16.9. The van der Waals surface area contributed by atoms with E-state index >= 15 is 0 Å². The maximum Gasteiger partial charge on any atom is 0.269 e. The fourth-order valence-corrected chi connectivity index (χ4v) is 2.71. The van der Waals surface area contributed by atoms with Gasteiger partial charge in [-0.3, -0.25) is 15.0 Å². The van der Waals surface area contributed by atoms with Crippen LogP contribution >= 0.6 is 12.4 Å². The van der Waals surface area contributed by atoms with E-state index in [2.05, 4.69) is 11.8 Å². The Bertz CT molecular complexity index is 467. The minimum absolute atomic E-state index is 0. The number of hydrogen-bond donors (Lipinski definition) is 1. The van der Waals surface area contributed by atoms with Gasteiger partial charge in [0.25, 0.3) is 5.69 Å². The summed E-state index contributed by atoms with van der Waals surface area (Å²) in [5.41, 5.74) is 7.11. The van der Waals surface area contributed by atoms with Crippen molar-refractivity contribution in [1.29, 1.82) is 0 Å². The molecule has 3 unspecified atom stereocenters. The molecule has 1 heterocycles. The first-order valence-electron chi connectivity index (χ1n) is 6.73. The first-order valence-corrected chi connectivity index (χ1v) is 6.73. The average Bonchev–Trinajstić information content (AvgIpc) is 2.87.